The molecule has 82 valence electrons. The van der Waals surface area contributed by atoms with Crippen molar-refractivity contribution < 1.29 is 13.9 Å². The molecule has 2 nitrogen and oxygen atoms in total. The van der Waals surface area contributed by atoms with E-state index >= 15 is 0 Å². The first-order valence-corrected chi connectivity index (χ1v) is 5.10. The first kappa shape index (κ1) is 10.6. The summed E-state index contributed by atoms with van der Waals surface area (Å²) in [5.41, 5.74) is 0.565. The fourth-order valence-electron chi connectivity index (χ4n) is 1.96. The zero-order valence-electron chi connectivity index (χ0n) is 9.16. The first-order chi connectivity index (χ1) is 6.99. The van der Waals surface area contributed by atoms with Gasteiger partial charge in [-0.2, -0.15) is 0 Å². The summed E-state index contributed by atoms with van der Waals surface area (Å²) < 4.78 is 24.8. The van der Waals surface area contributed by atoms with Gasteiger partial charge in [0.2, 0.25) is 0 Å². The molecule has 1 saturated heterocycles. The molecule has 0 unspecified atom stereocenters. The van der Waals surface area contributed by atoms with Crippen molar-refractivity contribution >= 4 is 0 Å². The van der Waals surface area contributed by atoms with Gasteiger partial charge >= 0.3 is 0 Å². The molecule has 0 aromatic heterocycles. The van der Waals surface area contributed by atoms with E-state index in [-0.39, 0.29) is 18.0 Å². The molecule has 2 atom stereocenters. The summed E-state index contributed by atoms with van der Waals surface area (Å²) in [6, 6.07) is 6.66. The van der Waals surface area contributed by atoms with Gasteiger partial charge in [-0.05, 0) is 26.8 Å². The van der Waals surface area contributed by atoms with E-state index in [4.69, 9.17) is 9.47 Å². The number of rotatable bonds is 1. The molecule has 0 amide bonds. The van der Waals surface area contributed by atoms with E-state index in [1.807, 2.05) is 20.8 Å². The lowest BCUT2D eigenvalue weighted by Crippen LogP contribution is -2.20. The Hall–Kier alpha value is -0.930. The maximum atomic E-state index is 13.5. The SMILES string of the molecule is C[C@H]1OC(C)(C)O[C@@H]1c1ccccc1F. The molecule has 0 radical (unpaired) electrons. The summed E-state index contributed by atoms with van der Waals surface area (Å²) in [5, 5.41) is 0. The molecule has 1 fully saturated rings. The minimum atomic E-state index is -0.633. The van der Waals surface area contributed by atoms with Gasteiger partial charge < -0.3 is 9.47 Å². The normalized spacial score (nSPS) is 29.3. The Balaban J connectivity index is 2.29. The Morgan fingerprint density at radius 3 is 2.40 bits per heavy atom. The fraction of sp³-hybridized carbons (Fsp3) is 0.500. The van der Waals surface area contributed by atoms with Crippen LogP contribution < -0.4 is 0 Å². The lowest BCUT2D eigenvalue weighted by Gasteiger charge is -2.17. The molecule has 1 aromatic rings. The van der Waals surface area contributed by atoms with Gasteiger partial charge in [0.1, 0.15) is 11.9 Å². The minimum absolute atomic E-state index is 0.128. The number of hydrogen-bond acceptors (Lipinski definition) is 2. The summed E-state index contributed by atoms with van der Waals surface area (Å²) in [6.45, 7) is 5.57. The van der Waals surface area contributed by atoms with Crippen LogP contribution in [0.25, 0.3) is 0 Å². The van der Waals surface area contributed by atoms with Crippen LogP contribution in [0.5, 0.6) is 0 Å². The summed E-state index contributed by atoms with van der Waals surface area (Å²) in [4.78, 5) is 0. The quantitative estimate of drug-likeness (QED) is 0.709. The second kappa shape index (κ2) is 3.58. The molecule has 1 aliphatic rings. The molecule has 1 heterocycles. The highest BCUT2D eigenvalue weighted by Crippen LogP contribution is 2.38. The van der Waals surface area contributed by atoms with Crippen LogP contribution in [-0.4, -0.2) is 11.9 Å². The van der Waals surface area contributed by atoms with Gasteiger partial charge in [-0.3, -0.25) is 0 Å². The van der Waals surface area contributed by atoms with Gasteiger partial charge in [0.25, 0.3) is 0 Å². The predicted octanol–water partition coefficient (Wildman–Crippen LogP) is 3.04. The summed E-state index contributed by atoms with van der Waals surface area (Å²) in [6.07, 6.45) is -0.446. The highest BCUT2D eigenvalue weighted by atomic mass is 19.1. The van der Waals surface area contributed by atoms with Crippen LogP contribution >= 0.6 is 0 Å². The van der Waals surface area contributed by atoms with Crippen molar-refractivity contribution in [3.05, 3.63) is 35.6 Å². The molecule has 1 aromatic carbocycles. The number of halogens is 1. The van der Waals surface area contributed by atoms with E-state index in [0.717, 1.165) is 0 Å². The second-order valence-corrected chi connectivity index (χ2v) is 4.28. The van der Waals surface area contributed by atoms with Gasteiger partial charge in [0, 0.05) is 5.56 Å². The molecule has 0 aliphatic carbocycles. The third-order valence-corrected chi connectivity index (χ3v) is 2.52. The largest absolute Gasteiger partial charge is 0.344 e. The average Bonchev–Trinajstić information content (AvgIpc) is 2.40. The molecular weight excluding hydrogens is 195 g/mol. The fourth-order valence-corrected chi connectivity index (χ4v) is 1.96. The summed E-state index contributed by atoms with van der Waals surface area (Å²) in [7, 11) is 0. The lowest BCUT2D eigenvalue weighted by molar-refractivity contribution is -0.145. The monoisotopic (exact) mass is 210 g/mol. The van der Waals surface area contributed by atoms with Gasteiger partial charge in [-0.25, -0.2) is 4.39 Å². The Morgan fingerprint density at radius 1 is 1.20 bits per heavy atom. The van der Waals surface area contributed by atoms with Crippen molar-refractivity contribution in [3.8, 4) is 0 Å². The summed E-state index contributed by atoms with van der Waals surface area (Å²) in [5.74, 6) is -0.873. The number of ether oxygens (including phenoxy) is 2. The third-order valence-electron chi connectivity index (χ3n) is 2.52. The van der Waals surface area contributed by atoms with Crippen LogP contribution in [0.1, 0.15) is 32.4 Å². The van der Waals surface area contributed by atoms with Crippen LogP contribution in [0, 0.1) is 5.82 Å². The Kier molecular flexibility index (Phi) is 2.52. The maximum Gasteiger partial charge on any atom is 0.164 e. The van der Waals surface area contributed by atoms with Gasteiger partial charge in [-0.1, -0.05) is 18.2 Å². The van der Waals surface area contributed by atoms with E-state index in [9.17, 15) is 4.39 Å². The minimum Gasteiger partial charge on any atom is -0.344 e. The Labute approximate surface area is 89.0 Å². The number of benzene rings is 1. The van der Waals surface area contributed by atoms with Crippen LogP contribution in [0.15, 0.2) is 24.3 Å². The summed E-state index contributed by atoms with van der Waals surface area (Å²) >= 11 is 0. The first-order valence-electron chi connectivity index (χ1n) is 5.10. The van der Waals surface area contributed by atoms with Crippen molar-refractivity contribution in [2.24, 2.45) is 0 Å². The zero-order chi connectivity index (χ0) is 11.1. The predicted molar refractivity (Wildman–Crippen MR) is 54.9 cm³/mol. The van der Waals surface area contributed by atoms with Crippen molar-refractivity contribution in [2.45, 2.75) is 38.8 Å². The molecule has 0 N–H and O–H groups in total. The lowest BCUT2D eigenvalue weighted by atomic mass is 10.1. The molecule has 2 rings (SSSR count). The van der Waals surface area contributed by atoms with Gasteiger partial charge in [0.15, 0.2) is 5.79 Å². The van der Waals surface area contributed by atoms with E-state index in [2.05, 4.69) is 0 Å². The number of hydrogen-bond donors (Lipinski definition) is 0. The van der Waals surface area contributed by atoms with Crippen molar-refractivity contribution in [2.75, 3.05) is 0 Å². The van der Waals surface area contributed by atoms with Crippen LogP contribution in [0.2, 0.25) is 0 Å². The smallest absolute Gasteiger partial charge is 0.164 e. The topological polar surface area (TPSA) is 18.5 Å². The van der Waals surface area contributed by atoms with E-state index in [1.54, 1.807) is 18.2 Å². The molecule has 3 heteroatoms. The van der Waals surface area contributed by atoms with Crippen molar-refractivity contribution in [1.82, 2.24) is 0 Å². The molecule has 15 heavy (non-hydrogen) atoms. The van der Waals surface area contributed by atoms with Crippen molar-refractivity contribution in [3.63, 3.8) is 0 Å². The van der Waals surface area contributed by atoms with E-state index < -0.39 is 5.79 Å². The zero-order valence-corrected chi connectivity index (χ0v) is 9.16. The molecule has 1 aliphatic heterocycles. The van der Waals surface area contributed by atoms with Crippen LogP contribution in [-0.2, 0) is 9.47 Å². The van der Waals surface area contributed by atoms with Crippen LogP contribution in [0.4, 0.5) is 4.39 Å². The average molecular weight is 210 g/mol. The second-order valence-electron chi connectivity index (χ2n) is 4.28. The third kappa shape index (κ3) is 2.03. The molecule has 0 saturated carbocycles. The van der Waals surface area contributed by atoms with Gasteiger partial charge in [-0.15, -0.1) is 0 Å². The molecule has 0 bridgehead atoms. The Morgan fingerprint density at radius 2 is 1.87 bits per heavy atom. The molecular formula is C12H15FO2. The van der Waals surface area contributed by atoms with Crippen molar-refractivity contribution in [1.29, 1.82) is 0 Å². The van der Waals surface area contributed by atoms with E-state index in [0.29, 0.717) is 5.56 Å². The maximum absolute atomic E-state index is 13.5. The highest BCUT2D eigenvalue weighted by molar-refractivity contribution is 5.21. The standard InChI is InChI=1S/C12H15FO2/c1-8-11(15-12(2,3)14-8)9-6-4-5-7-10(9)13/h4-8,11H,1-3H3/t8-,11+/m1/s1. The highest BCUT2D eigenvalue weighted by Gasteiger charge is 2.40. The Bertz CT molecular complexity index is 362. The van der Waals surface area contributed by atoms with Gasteiger partial charge in [0.05, 0.1) is 6.10 Å². The molecule has 0 spiro atoms. The van der Waals surface area contributed by atoms with Crippen LogP contribution in [0.3, 0.4) is 0 Å². The van der Waals surface area contributed by atoms with E-state index in [1.165, 1.54) is 6.07 Å².